The molecule has 0 unspecified atom stereocenters. The van der Waals surface area contributed by atoms with Crippen LogP contribution in [0.3, 0.4) is 0 Å². The summed E-state index contributed by atoms with van der Waals surface area (Å²) in [5, 5.41) is 1.70. The minimum Gasteiger partial charge on any atom is -0.345 e. The van der Waals surface area contributed by atoms with Crippen LogP contribution >= 0.6 is 0 Å². The molecule has 1 heterocycles. The van der Waals surface area contributed by atoms with Crippen LogP contribution in [0.4, 0.5) is 0 Å². The topological polar surface area (TPSA) is 28.7 Å². The number of hydrogen-bond acceptors (Lipinski definition) is 1. The fraction of sp³-hybridized carbons (Fsp3) is 0.125. The number of imidazole rings is 1. The molecule has 1 aromatic heterocycles. The van der Waals surface area contributed by atoms with Crippen molar-refractivity contribution in [3.8, 4) is 0 Å². The number of nitrogens with one attached hydrogen (secondary N) is 1. The summed E-state index contributed by atoms with van der Waals surface area (Å²) in [6, 6.07) is 0. The van der Waals surface area contributed by atoms with E-state index in [9.17, 15) is 0 Å². The van der Waals surface area contributed by atoms with Gasteiger partial charge in [0.05, 0.1) is 17.0 Å². The third-order valence-corrected chi connectivity index (χ3v) is 1.13. The maximum absolute atomic E-state index is 4.02. The van der Waals surface area contributed by atoms with Crippen LogP contribution in [0.2, 0.25) is 0 Å². The van der Waals surface area contributed by atoms with Crippen molar-refractivity contribution in [3.05, 3.63) is 29.2 Å². The Balaban J connectivity index is 3.29. The Bertz CT molecular complexity index is 332. The number of rotatable bonds is 1. The molecule has 0 amide bonds. The van der Waals surface area contributed by atoms with E-state index >= 15 is 0 Å². The van der Waals surface area contributed by atoms with Crippen molar-refractivity contribution in [1.82, 2.24) is 9.97 Å². The van der Waals surface area contributed by atoms with Crippen molar-refractivity contribution < 1.29 is 0 Å². The van der Waals surface area contributed by atoms with Crippen LogP contribution in [0.5, 0.6) is 0 Å². The van der Waals surface area contributed by atoms with Crippen LogP contribution in [0.25, 0.3) is 12.7 Å². The molecule has 0 aliphatic carbocycles. The van der Waals surface area contributed by atoms with Crippen molar-refractivity contribution in [3.63, 3.8) is 0 Å². The largest absolute Gasteiger partial charge is 0.345 e. The van der Waals surface area contributed by atoms with Crippen LogP contribution in [0, 0.1) is 0 Å². The van der Waals surface area contributed by atoms with E-state index in [0.29, 0.717) is 0 Å². The first-order chi connectivity index (χ1) is 4.70. The Morgan fingerprint density at radius 1 is 1.80 bits per heavy atom. The average molecular weight is 134 g/mol. The van der Waals surface area contributed by atoms with E-state index in [1.54, 1.807) is 6.33 Å². The second-order valence-corrected chi connectivity index (χ2v) is 2.26. The Kier molecular flexibility index (Phi) is 1.71. The number of aromatic amines is 1. The van der Waals surface area contributed by atoms with Crippen LogP contribution in [-0.2, 0) is 0 Å². The second kappa shape index (κ2) is 2.52. The highest BCUT2D eigenvalue weighted by molar-refractivity contribution is 5.41. The van der Waals surface area contributed by atoms with Crippen molar-refractivity contribution >= 4 is 12.7 Å². The van der Waals surface area contributed by atoms with Gasteiger partial charge in [0.1, 0.15) is 0 Å². The maximum Gasteiger partial charge on any atom is 0.0931 e. The fourth-order valence-corrected chi connectivity index (χ4v) is 0.689. The summed E-state index contributed by atoms with van der Waals surface area (Å²) in [7, 11) is 0. The summed E-state index contributed by atoms with van der Waals surface area (Å²) in [4.78, 5) is 6.90. The van der Waals surface area contributed by atoms with E-state index in [0.717, 1.165) is 16.3 Å². The van der Waals surface area contributed by atoms with E-state index in [1.165, 1.54) is 0 Å². The molecule has 0 saturated heterocycles. The zero-order chi connectivity index (χ0) is 7.56. The molecule has 2 nitrogen and oxygen atoms in total. The minimum atomic E-state index is 0.836. The highest BCUT2D eigenvalue weighted by atomic mass is 14.8. The Morgan fingerprint density at radius 2 is 2.50 bits per heavy atom. The fourth-order valence-electron chi connectivity index (χ4n) is 0.689. The molecule has 0 aliphatic rings. The molecule has 10 heavy (non-hydrogen) atoms. The molecule has 52 valence electrons. The molecule has 1 rings (SSSR count). The zero-order valence-electron chi connectivity index (χ0n) is 6.02. The Hall–Kier alpha value is -1.31. The third kappa shape index (κ3) is 1.35. The van der Waals surface area contributed by atoms with Gasteiger partial charge in [-0.25, -0.2) is 4.98 Å². The number of aromatic nitrogens is 2. The van der Waals surface area contributed by atoms with Crippen molar-refractivity contribution in [1.29, 1.82) is 0 Å². The van der Waals surface area contributed by atoms with E-state index < -0.39 is 0 Å². The standard InChI is InChI=1S/C8H10N2/c1-6(2)4-8-7(3)9-5-10-8/h4-5H,1,3H2,2H3,(H,9,10)/b8-4+. The number of hydrogen-bond donors (Lipinski definition) is 1. The monoisotopic (exact) mass is 134 g/mol. The molecule has 2 heteroatoms. The predicted molar refractivity (Wildman–Crippen MR) is 42.6 cm³/mol. The smallest absolute Gasteiger partial charge is 0.0931 e. The van der Waals surface area contributed by atoms with Crippen molar-refractivity contribution in [2.75, 3.05) is 0 Å². The number of allylic oxidation sites excluding steroid dienone is 1. The van der Waals surface area contributed by atoms with Gasteiger partial charge in [-0.2, -0.15) is 0 Å². The van der Waals surface area contributed by atoms with Gasteiger partial charge in [-0.05, 0) is 13.0 Å². The highest BCUT2D eigenvalue weighted by Crippen LogP contribution is 1.83. The van der Waals surface area contributed by atoms with Gasteiger partial charge >= 0.3 is 0 Å². The van der Waals surface area contributed by atoms with Crippen LogP contribution < -0.4 is 10.7 Å². The normalized spacial score (nSPS) is 11.9. The molecule has 0 aromatic carbocycles. The van der Waals surface area contributed by atoms with Gasteiger partial charge in [0.15, 0.2) is 0 Å². The van der Waals surface area contributed by atoms with Gasteiger partial charge in [-0.1, -0.05) is 18.7 Å². The molecule has 0 spiro atoms. The molecular formula is C8H10N2. The summed E-state index contributed by atoms with van der Waals surface area (Å²) < 4.78 is 0. The zero-order valence-corrected chi connectivity index (χ0v) is 6.02. The summed E-state index contributed by atoms with van der Waals surface area (Å²) >= 11 is 0. The first-order valence-electron chi connectivity index (χ1n) is 3.05. The summed E-state index contributed by atoms with van der Waals surface area (Å²) in [5.41, 5.74) is 0.983. The van der Waals surface area contributed by atoms with Crippen molar-refractivity contribution in [2.45, 2.75) is 6.92 Å². The second-order valence-electron chi connectivity index (χ2n) is 2.26. The lowest BCUT2D eigenvalue weighted by Crippen LogP contribution is -2.22. The Morgan fingerprint density at radius 3 is 2.90 bits per heavy atom. The van der Waals surface area contributed by atoms with Gasteiger partial charge in [0.25, 0.3) is 0 Å². The summed E-state index contributed by atoms with van der Waals surface area (Å²) in [5.74, 6) is 0. The number of H-pyrrole nitrogens is 1. The van der Waals surface area contributed by atoms with Gasteiger partial charge < -0.3 is 4.98 Å². The highest BCUT2D eigenvalue weighted by Gasteiger charge is 1.82. The van der Waals surface area contributed by atoms with E-state index in [1.807, 2.05) is 13.0 Å². The number of nitrogens with zero attached hydrogens (tertiary/aromatic N) is 1. The first-order valence-corrected chi connectivity index (χ1v) is 3.05. The molecule has 1 N–H and O–H groups in total. The molecule has 1 aromatic rings. The maximum atomic E-state index is 4.02. The molecule has 0 radical (unpaired) electrons. The molecule has 0 fully saturated rings. The van der Waals surface area contributed by atoms with Crippen LogP contribution in [-0.4, -0.2) is 9.97 Å². The van der Waals surface area contributed by atoms with Gasteiger partial charge in [-0.15, -0.1) is 0 Å². The predicted octanol–water partition coefficient (Wildman–Crippen LogP) is 0.177. The Labute approximate surface area is 59.6 Å². The van der Waals surface area contributed by atoms with E-state index in [4.69, 9.17) is 0 Å². The average Bonchev–Trinajstić information content (AvgIpc) is 2.15. The molecule has 0 aliphatic heterocycles. The van der Waals surface area contributed by atoms with Crippen molar-refractivity contribution in [2.24, 2.45) is 0 Å². The molecular weight excluding hydrogens is 124 g/mol. The van der Waals surface area contributed by atoms with Gasteiger partial charge in [-0.3, -0.25) is 0 Å². The third-order valence-electron chi connectivity index (χ3n) is 1.13. The SMILES string of the molecule is C=C(C)/C=c1/nc[nH]c1=C. The van der Waals surface area contributed by atoms with Crippen LogP contribution in [0.1, 0.15) is 6.92 Å². The lowest BCUT2D eigenvalue weighted by atomic mass is 10.3. The molecule has 0 bridgehead atoms. The molecule has 0 atom stereocenters. The van der Waals surface area contributed by atoms with Crippen LogP contribution in [0.15, 0.2) is 18.5 Å². The molecule has 0 saturated carbocycles. The first kappa shape index (κ1) is 6.81. The minimum absolute atomic E-state index is 0.836. The van der Waals surface area contributed by atoms with E-state index in [-0.39, 0.29) is 0 Å². The summed E-state index contributed by atoms with van der Waals surface area (Å²) in [6.45, 7) is 9.40. The summed E-state index contributed by atoms with van der Waals surface area (Å²) in [6.07, 6.45) is 3.51. The van der Waals surface area contributed by atoms with Gasteiger partial charge in [0.2, 0.25) is 0 Å². The quantitative estimate of drug-likeness (QED) is 0.583. The van der Waals surface area contributed by atoms with Gasteiger partial charge in [0, 0.05) is 0 Å². The van der Waals surface area contributed by atoms with E-state index in [2.05, 4.69) is 23.1 Å². The lowest BCUT2D eigenvalue weighted by Gasteiger charge is -1.79. The lowest BCUT2D eigenvalue weighted by molar-refractivity contribution is 1.29.